The summed E-state index contributed by atoms with van der Waals surface area (Å²) in [5, 5.41) is 10.2. The zero-order chi connectivity index (χ0) is 13.2. The van der Waals surface area contributed by atoms with Crippen LogP contribution in [0.2, 0.25) is 0 Å². The van der Waals surface area contributed by atoms with Crippen LogP contribution >= 0.6 is 12.2 Å². The van der Waals surface area contributed by atoms with Gasteiger partial charge in [0.25, 0.3) is 0 Å². The fourth-order valence-electron chi connectivity index (χ4n) is 2.90. The van der Waals surface area contributed by atoms with Crippen LogP contribution in [-0.4, -0.2) is 14.2 Å². The lowest BCUT2D eigenvalue weighted by molar-refractivity contribution is 0.311. The van der Waals surface area contributed by atoms with Crippen LogP contribution in [0.3, 0.4) is 0 Å². The van der Waals surface area contributed by atoms with Gasteiger partial charge in [0.1, 0.15) is 0 Å². The van der Waals surface area contributed by atoms with Gasteiger partial charge in [0.2, 0.25) is 5.88 Å². The minimum absolute atomic E-state index is 0.278. The summed E-state index contributed by atoms with van der Waals surface area (Å²) in [6, 6.07) is 10.3. The number of para-hydroxylation sites is 1. The molecule has 1 fully saturated rings. The van der Waals surface area contributed by atoms with Crippen molar-refractivity contribution in [1.29, 1.82) is 0 Å². The highest BCUT2D eigenvalue weighted by atomic mass is 32.1. The highest BCUT2D eigenvalue weighted by Crippen LogP contribution is 2.32. The van der Waals surface area contributed by atoms with Gasteiger partial charge in [-0.3, -0.25) is 9.13 Å². The molecule has 0 atom stereocenters. The van der Waals surface area contributed by atoms with E-state index in [1.165, 1.54) is 19.3 Å². The maximum absolute atomic E-state index is 10.2. The Bertz CT molecular complexity index is 609. The van der Waals surface area contributed by atoms with E-state index in [0.29, 0.717) is 10.8 Å². The lowest BCUT2D eigenvalue weighted by Crippen LogP contribution is -2.13. The van der Waals surface area contributed by atoms with E-state index in [-0.39, 0.29) is 5.88 Å². The van der Waals surface area contributed by atoms with Crippen molar-refractivity contribution in [1.82, 2.24) is 9.13 Å². The molecule has 3 rings (SSSR count). The Kier molecular flexibility index (Phi) is 3.42. The van der Waals surface area contributed by atoms with Gasteiger partial charge in [0, 0.05) is 11.7 Å². The van der Waals surface area contributed by atoms with E-state index < -0.39 is 0 Å². The second kappa shape index (κ2) is 5.21. The molecule has 0 radical (unpaired) electrons. The molecule has 0 unspecified atom stereocenters. The molecule has 2 aromatic rings. The van der Waals surface area contributed by atoms with E-state index in [0.717, 1.165) is 18.5 Å². The van der Waals surface area contributed by atoms with Gasteiger partial charge < -0.3 is 5.11 Å². The Morgan fingerprint density at radius 2 is 1.74 bits per heavy atom. The smallest absolute Gasteiger partial charge is 0.210 e. The van der Waals surface area contributed by atoms with E-state index in [9.17, 15) is 5.11 Å². The van der Waals surface area contributed by atoms with Gasteiger partial charge in [0.05, 0.1) is 6.20 Å². The van der Waals surface area contributed by atoms with Crippen LogP contribution in [0.1, 0.15) is 38.1 Å². The number of imidazole rings is 1. The van der Waals surface area contributed by atoms with Crippen LogP contribution < -0.4 is 0 Å². The van der Waals surface area contributed by atoms with Gasteiger partial charge in [-0.1, -0.05) is 37.5 Å². The van der Waals surface area contributed by atoms with Crippen molar-refractivity contribution in [2.75, 3.05) is 0 Å². The number of aromatic nitrogens is 2. The molecule has 1 aliphatic rings. The van der Waals surface area contributed by atoms with Gasteiger partial charge in [-0.15, -0.1) is 0 Å². The van der Waals surface area contributed by atoms with E-state index in [4.69, 9.17) is 12.2 Å². The predicted molar refractivity (Wildman–Crippen MR) is 78.4 cm³/mol. The van der Waals surface area contributed by atoms with Gasteiger partial charge in [-0.25, -0.2) is 0 Å². The molecule has 3 nitrogen and oxygen atoms in total. The summed E-state index contributed by atoms with van der Waals surface area (Å²) in [5.41, 5.74) is 0.998. The van der Waals surface area contributed by atoms with Crippen molar-refractivity contribution >= 4 is 12.2 Å². The first kappa shape index (κ1) is 12.5. The van der Waals surface area contributed by atoms with Gasteiger partial charge in [-0.2, -0.15) is 0 Å². The first-order chi connectivity index (χ1) is 9.27. The van der Waals surface area contributed by atoms with Crippen LogP contribution in [-0.2, 0) is 0 Å². The molecule has 0 spiro atoms. The highest BCUT2D eigenvalue weighted by Gasteiger charge is 2.20. The monoisotopic (exact) mass is 274 g/mol. The lowest BCUT2D eigenvalue weighted by atomic mass is 9.95. The van der Waals surface area contributed by atoms with Gasteiger partial charge >= 0.3 is 0 Å². The Morgan fingerprint density at radius 3 is 2.42 bits per heavy atom. The molecule has 19 heavy (non-hydrogen) atoms. The summed E-state index contributed by atoms with van der Waals surface area (Å²) in [7, 11) is 0. The quantitative estimate of drug-likeness (QED) is 0.831. The lowest BCUT2D eigenvalue weighted by Gasteiger charge is -2.23. The van der Waals surface area contributed by atoms with E-state index in [2.05, 4.69) is 0 Å². The Hall–Kier alpha value is -1.55. The van der Waals surface area contributed by atoms with Crippen molar-refractivity contribution in [3.63, 3.8) is 0 Å². The number of benzene rings is 1. The normalized spacial score (nSPS) is 16.6. The zero-order valence-electron chi connectivity index (χ0n) is 10.8. The van der Waals surface area contributed by atoms with Gasteiger partial charge in [-0.05, 0) is 37.2 Å². The van der Waals surface area contributed by atoms with Crippen LogP contribution in [0, 0.1) is 4.77 Å². The van der Waals surface area contributed by atoms with Crippen molar-refractivity contribution in [2.24, 2.45) is 0 Å². The second-order valence-electron chi connectivity index (χ2n) is 5.14. The third-order valence-corrected chi connectivity index (χ3v) is 4.27. The molecule has 1 N–H and O–H groups in total. The van der Waals surface area contributed by atoms with Crippen LogP contribution in [0.4, 0.5) is 0 Å². The number of rotatable bonds is 2. The number of nitrogens with zero attached hydrogens (tertiary/aromatic N) is 2. The molecular formula is C15H18N2OS. The summed E-state index contributed by atoms with van der Waals surface area (Å²) in [5.74, 6) is 0.278. The Balaban J connectivity index is 2.03. The first-order valence-electron chi connectivity index (χ1n) is 6.85. The highest BCUT2D eigenvalue weighted by molar-refractivity contribution is 7.71. The molecule has 0 bridgehead atoms. The molecular weight excluding hydrogens is 256 g/mol. The minimum atomic E-state index is 0.278. The van der Waals surface area contributed by atoms with E-state index >= 15 is 0 Å². The fraction of sp³-hybridized carbons (Fsp3) is 0.400. The largest absolute Gasteiger partial charge is 0.493 e. The summed E-state index contributed by atoms with van der Waals surface area (Å²) in [6.07, 6.45) is 7.70. The number of aromatic hydroxyl groups is 1. The Labute approximate surface area is 118 Å². The standard InChI is InChI=1S/C15H18N2OS/c18-14-11-16(12-7-3-1-4-8-12)15(19)17(14)13-9-5-2-6-10-13/h1,3-4,7-8,11,13,18H,2,5-6,9-10H2. The van der Waals surface area contributed by atoms with E-state index in [1.54, 1.807) is 6.20 Å². The molecule has 4 heteroatoms. The maximum Gasteiger partial charge on any atom is 0.210 e. The van der Waals surface area contributed by atoms with Crippen LogP contribution in [0.25, 0.3) is 5.69 Å². The SMILES string of the molecule is Oc1cn(-c2ccccc2)c(=S)n1C1CCCCC1. The second-order valence-corrected chi connectivity index (χ2v) is 5.50. The number of hydrogen-bond acceptors (Lipinski definition) is 2. The summed E-state index contributed by atoms with van der Waals surface area (Å²) in [6.45, 7) is 0. The molecule has 1 aromatic heterocycles. The van der Waals surface area contributed by atoms with E-state index in [1.807, 2.05) is 39.5 Å². The Morgan fingerprint density at radius 1 is 1.05 bits per heavy atom. The molecule has 0 saturated heterocycles. The molecule has 0 amide bonds. The topological polar surface area (TPSA) is 30.1 Å². The molecule has 100 valence electrons. The summed E-state index contributed by atoms with van der Waals surface area (Å²) < 4.78 is 4.50. The van der Waals surface area contributed by atoms with Crippen molar-refractivity contribution in [3.8, 4) is 11.6 Å². The predicted octanol–water partition coefficient (Wildman–Crippen LogP) is 4.22. The molecule has 1 heterocycles. The maximum atomic E-state index is 10.2. The fourth-order valence-corrected chi connectivity index (χ4v) is 3.30. The van der Waals surface area contributed by atoms with Crippen molar-refractivity contribution in [2.45, 2.75) is 38.1 Å². The third-order valence-electron chi connectivity index (χ3n) is 3.88. The molecule has 1 saturated carbocycles. The van der Waals surface area contributed by atoms with Crippen molar-refractivity contribution < 1.29 is 5.11 Å². The minimum Gasteiger partial charge on any atom is -0.493 e. The van der Waals surface area contributed by atoms with Crippen LogP contribution in [0.5, 0.6) is 5.88 Å². The van der Waals surface area contributed by atoms with Crippen LogP contribution in [0.15, 0.2) is 36.5 Å². The molecule has 1 aromatic carbocycles. The average Bonchev–Trinajstić information content (AvgIpc) is 2.76. The number of hydrogen-bond donors (Lipinski definition) is 1. The zero-order valence-corrected chi connectivity index (χ0v) is 11.6. The summed E-state index contributed by atoms with van der Waals surface area (Å²) >= 11 is 5.54. The third kappa shape index (κ3) is 2.32. The summed E-state index contributed by atoms with van der Waals surface area (Å²) in [4.78, 5) is 0. The first-order valence-corrected chi connectivity index (χ1v) is 7.26. The molecule has 0 aliphatic heterocycles. The molecule has 1 aliphatic carbocycles. The van der Waals surface area contributed by atoms with Crippen molar-refractivity contribution in [3.05, 3.63) is 41.3 Å². The average molecular weight is 274 g/mol. The van der Waals surface area contributed by atoms with Gasteiger partial charge in [0.15, 0.2) is 4.77 Å².